The molecule has 0 aliphatic carbocycles. The second-order valence-electron chi connectivity index (χ2n) is 3.89. The minimum absolute atomic E-state index is 0.406. The van der Waals surface area contributed by atoms with Gasteiger partial charge in [-0.05, 0) is 36.5 Å². The average Bonchev–Trinajstić information content (AvgIpc) is 2.40. The summed E-state index contributed by atoms with van der Waals surface area (Å²) in [5.41, 5.74) is 6.73. The third-order valence-corrected chi connectivity index (χ3v) is 3.24. The van der Waals surface area contributed by atoms with E-state index in [-0.39, 0.29) is 0 Å². The predicted octanol–water partition coefficient (Wildman–Crippen LogP) is 1.66. The van der Waals surface area contributed by atoms with E-state index in [1.54, 1.807) is 12.1 Å². The lowest BCUT2D eigenvalue weighted by atomic mass is 10.2. The molecule has 0 aromatic heterocycles. The fourth-order valence-electron chi connectivity index (χ4n) is 1.61. The van der Waals surface area contributed by atoms with Gasteiger partial charge in [-0.15, -0.1) is 0 Å². The van der Waals surface area contributed by atoms with Gasteiger partial charge in [-0.3, -0.25) is 0 Å². The lowest BCUT2D eigenvalue weighted by molar-refractivity contribution is 0.0686. The molecule has 1 saturated heterocycles. The molecule has 1 fully saturated rings. The van der Waals surface area contributed by atoms with Crippen LogP contribution in [0.3, 0.4) is 0 Å². The molecule has 0 unspecified atom stereocenters. The third-order valence-electron chi connectivity index (χ3n) is 2.64. The van der Waals surface area contributed by atoms with Gasteiger partial charge in [-0.25, -0.2) is 4.99 Å². The maximum atomic E-state index is 5.91. The number of rotatable bonds is 1. The van der Waals surface area contributed by atoms with Gasteiger partial charge >= 0.3 is 0 Å². The van der Waals surface area contributed by atoms with Gasteiger partial charge in [-0.1, -0.05) is 11.6 Å². The van der Waals surface area contributed by atoms with Crippen molar-refractivity contribution in [3.8, 4) is 0 Å². The second-order valence-corrected chi connectivity index (χ2v) is 4.69. The fraction of sp³-hybridized carbons (Fsp3) is 0.333. The summed E-state index contributed by atoms with van der Waals surface area (Å²) in [7, 11) is 0. The van der Waals surface area contributed by atoms with Crippen molar-refractivity contribution in [2.45, 2.75) is 0 Å². The number of nitrogens with two attached hydrogens (primary N) is 1. The molecule has 18 heavy (non-hydrogen) atoms. The highest BCUT2D eigenvalue weighted by Crippen LogP contribution is 2.09. The van der Waals surface area contributed by atoms with Crippen molar-refractivity contribution in [1.82, 2.24) is 4.90 Å². The quantitative estimate of drug-likeness (QED) is 0.484. The van der Waals surface area contributed by atoms with Crippen LogP contribution in [0.5, 0.6) is 0 Å². The molecular formula is C12H14ClN3OS. The van der Waals surface area contributed by atoms with Gasteiger partial charge in [0.1, 0.15) is 5.84 Å². The number of nitrogens with zero attached hydrogens (tertiary/aromatic N) is 2. The highest BCUT2D eigenvalue weighted by Gasteiger charge is 2.13. The third kappa shape index (κ3) is 3.41. The second kappa shape index (κ2) is 6.13. The first-order valence-corrected chi connectivity index (χ1v) is 6.42. The standard InChI is InChI=1S/C12H14ClN3OS/c13-10-3-1-9(2-4-10)11(14)15-12(18)16-5-7-17-8-6-16/h1-4H,5-8H2,(H2,14,15,18). The number of hydrogen-bond donors (Lipinski definition) is 1. The van der Waals surface area contributed by atoms with Gasteiger partial charge in [0, 0.05) is 23.7 Å². The average molecular weight is 284 g/mol. The number of benzene rings is 1. The van der Waals surface area contributed by atoms with Crippen LogP contribution < -0.4 is 5.73 Å². The predicted molar refractivity (Wildman–Crippen MR) is 77.2 cm³/mol. The van der Waals surface area contributed by atoms with Crippen LogP contribution in [0.25, 0.3) is 0 Å². The van der Waals surface area contributed by atoms with Crippen LogP contribution in [0.15, 0.2) is 29.3 Å². The summed E-state index contributed by atoms with van der Waals surface area (Å²) >= 11 is 11.1. The topological polar surface area (TPSA) is 50.8 Å². The normalized spacial score (nSPS) is 16.7. The fourth-order valence-corrected chi connectivity index (χ4v) is 2.02. The first kappa shape index (κ1) is 13.3. The van der Waals surface area contributed by atoms with Gasteiger partial charge in [0.25, 0.3) is 0 Å². The number of halogens is 1. The molecule has 2 rings (SSSR count). The molecule has 2 N–H and O–H groups in total. The Morgan fingerprint density at radius 1 is 1.28 bits per heavy atom. The van der Waals surface area contributed by atoms with E-state index in [0.29, 0.717) is 29.2 Å². The highest BCUT2D eigenvalue weighted by molar-refractivity contribution is 7.80. The summed E-state index contributed by atoms with van der Waals surface area (Å²) in [5, 5.41) is 1.17. The van der Waals surface area contributed by atoms with Crippen LogP contribution in [0.2, 0.25) is 5.02 Å². The van der Waals surface area contributed by atoms with Gasteiger partial charge in [0.15, 0.2) is 5.11 Å². The van der Waals surface area contributed by atoms with Crippen LogP contribution in [0.4, 0.5) is 0 Å². The zero-order valence-electron chi connectivity index (χ0n) is 9.80. The molecule has 0 radical (unpaired) electrons. The van der Waals surface area contributed by atoms with E-state index >= 15 is 0 Å². The Morgan fingerprint density at radius 2 is 1.89 bits per heavy atom. The zero-order chi connectivity index (χ0) is 13.0. The Balaban J connectivity index is 2.07. The van der Waals surface area contributed by atoms with Crippen LogP contribution in [-0.2, 0) is 4.74 Å². The molecule has 1 aliphatic rings. The molecule has 0 spiro atoms. The Morgan fingerprint density at radius 3 is 2.50 bits per heavy atom. The van der Waals surface area contributed by atoms with E-state index in [1.807, 2.05) is 17.0 Å². The van der Waals surface area contributed by atoms with Gasteiger partial charge < -0.3 is 15.4 Å². The van der Waals surface area contributed by atoms with Crippen molar-refractivity contribution in [2.24, 2.45) is 10.7 Å². The molecule has 0 saturated carbocycles. The molecule has 0 atom stereocenters. The maximum absolute atomic E-state index is 5.91. The van der Waals surface area contributed by atoms with Crippen LogP contribution >= 0.6 is 23.8 Å². The van der Waals surface area contributed by atoms with Crippen molar-refractivity contribution in [3.05, 3.63) is 34.9 Å². The van der Waals surface area contributed by atoms with E-state index in [0.717, 1.165) is 18.7 Å². The monoisotopic (exact) mass is 283 g/mol. The molecule has 4 nitrogen and oxygen atoms in total. The zero-order valence-corrected chi connectivity index (χ0v) is 11.4. The Kier molecular flexibility index (Phi) is 4.52. The van der Waals surface area contributed by atoms with Crippen LogP contribution in [0.1, 0.15) is 5.56 Å². The largest absolute Gasteiger partial charge is 0.383 e. The summed E-state index contributed by atoms with van der Waals surface area (Å²) < 4.78 is 5.26. The van der Waals surface area contributed by atoms with Gasteiger partial charge in [0.2, 0.25) is 0 Å². The first-order chi connectivity index (χ1) is 8.66. The summed E-state index contributed by atoms with van der Waals surface area (Å²) in [6, 6.07) is 7.19. The Labute approximate surface area is 116 Å². The van der Waals surface area contributed by atoms with E-state index in [4.69, 9.17) is 34.3 Å². The van der Waals surface area contributed by atoms with E-state index in [9.17, 15) is 0 Å². The number of aliphatic imine (C=N–C) groups is 1. The Hall–Kier alpha value is -1.17. The molecule has 1 aromatic carbocycles. The van der Waals surface area contributed by atoms with Crippen molar-refractivity contribution in [2.75, 3.05) is 26.3 Å². The summed E-state index contributed by atoms with van der Waals surface area (Å²) in [6.45, 7) is 2.87. The highest BCUT2D eigenvalue weighted by atomic mass is 35.5. The SMILES string of the molecule is N/C(=N\C(=S)N1CCOCC1)c1ccc(Cl)cc1. The number of amidine groups is 1. The number of morpholine rings is 1. The molecule has 0 bridgehead atoms. The van der Waals surface area contributed by atoms with Crippen molar-refractivity contribution >= 4 is 34.8 Å². The van der Waals surface area contributed by atoms with Gasteiger partial charge in [0.05, 0.1) is 13.2 Å². The molecule has 1 aromatic rings. The first-order valence-electron chi connectivity index (χ1n) is 5.63. The van der Waals surface area contributed by atoms with Crippen molar-refractivity contribution in [3.63, 3.8) is 0 Å². The van der Waals surface area contributed by atoms with Crippen LogP contribution in [-0.4, -0.2) is 42.2 Å². The molecule has 96 valence electrons. The van der Waals surface area contributed by atoms with Gasteiger partial charge in [-0.2, -0.15) is 0 Å². The van der Waals surface area contributed by atoms with E-state index in [2.05, 4.69) is 4.99 Å². The van der Waals surface area contributed by atoms with Crippen LogP contribution in [0, 0.1) is 0 Å². The lowest BCUT2D eigenvalue weighted by Gasteiger charge is -2.27. The smallest absolute Gasteiger partial charge is 0.197 e. The lowest BCUT2D eigenvalue weighted by Crippen LogP contribution is -2.39. The number of ether oxygens (including phenoxy) is 1. The summed E-state index contributed by atoms with van der Waals surface area (Å²) in [6.07, 6.45) is 0. The molecule has 1 heterocycles. The minimum atomic E-state index is 0.406. The van der Waals surface area contributed by atoms with Crippen molar-refractivity contribution in [1.29, 1.82) is 0 Å². The number of thiocarbonyl (C=S) groups is 1. The molecule has 0 amide bonds. The van der Waals surface area contributed by atoms with E-state index in [1.165, 1.54) is 0 Å². The minimum Gasteiger partial charge on any atom is -0.383 e. The van der Waals surface area contributed by atoms with E-state index < -0.39 is 0 Å². The maximum Gasteiger partial charge on any atom is 0.197 e. The number of hydrogen-bond acceptors (Lipinski definition) is 2. The molecular weight excluding hydrogens is 270 g/mol. The summed E-state index contributed by atoms with van der Waals surface area (Å²) in [5.74, 6) is 0.406. The molecule has 1 aliphatic heterocycles. The molecule has 6 heteroatoms. The van der Waals surface area contributed by atoms with Crippen molar-refractivity contribution < 1.29 is 4.74 Å². The Bertz CT molecular complexity index is 455. The summed E-state index contributed by atoms with van der Waals surface area (Å²) in [4.78, 5) is 6.24.